The van der Waals surface area contributed by atoms with Gasteiger partial charge in [-0.25, -0.2) is 4.79 Å². The highest BCUT2D eigenvalue weighted by molar-refractivity contribution is 5.85. The summed E-state index contributed by atoms with van der Waals surface area (Å²) in [5.74, 6) is 1.28. The van der Waals surface area contributed by atoms with Gasteiger partial charge in [0.05, 0.1) is 7.11 Å². The minimum atomic E-state index is -0.0902. The van der Waals surface area contributed by atoms with Crippen LogP contribution in [0.3, 0.4) is 0 Å². The van der Waals surface area contributed by atoms with Crippen LogP contribution in [0.4, 0.5) is 4.79 Å². The van der Waals surface area contributed by atoms with Crippen LogP contribution in [-0.4, -0.2) is 60.5 Å². The second-order valence-corrected chi connectivity index (χ2v) is 8.63. The Hall–Kier alpha value is -3.48. The average molecular weight is 449 g/mol. The van der Waals surface area contributed by atoms with Crippen molar-refractivity contribution in [3.8, 4) is 5.75 Å². The number of hydrogen-bond donors (Lipinski definition) is 2. The van der Waals surface area contributed by atoms with Crippen molar-refractivity contribution in [2.75, 3.05) is 33.8 Å². The number of benzene rings is 2. The number of amides is 3. The van der Waals surface area contributed by atoms with Gasteiger partial charge in [0.15, 0.2) is 0 Å². The fraction of sp³-hybridized carbons (Fsp3) is 0.385. The molecule has 2 N–H and O–H groups in total. The number of H-pyrrole nitrogens is 1. The minimum Gasteiger partial charge on any atom is -0.497 e. The molecule has 0 radical (unpaired) electrons. The van der Waals surface area contributed by atoms with Crippen molar-refractivity contribution in [1.29, 1.82) is 0 Å². The van der Waals surface area contributed by atoms with Gasteiger partial charge in [0.1, 0.15) is 5.75 Å². The van der Waals surface area contributed by atoms with E-state index >= 15 is 0 Å². The summed E-state index contributed by atoms with van der Waals surface area (Å²) >= 11 is 0. The van der Waals surface area contributed by atoms with Crippen LogP contribution in [0.5, 0.6) is 5.75 Å². The van der Waals surface area contributed by atoms with Crippen molar-refractivity contribution in [2.45, 2.75) is 31.7 Å². The van der Waals surface area contributed by atoms with Crippen LogP contribution < -0.4 is 10.1 Å². The Balaban J connectivity index is 1.22. The molecule has 0 bridgehead atoms. The van der Waals surface area contributed by atoms with E-state index < -0.39 is 0 Å². The molecule has 2 aromatic carbocycles. The Kier molecular flexibility index (Phi) is 7.17. The number of carbonyl (C=O) groups excluding carboxylic acids is 2. The zero-order valence-corrected chi connectivity index (χ0v) is 19.3. The Morgan fingerprint density at radius 1 is 1.15 bits per heavy atom. The lowest BCUT2D eigenvalue weighted by atomic mass is 9.89. The highest BCUT2D eigenvalue weighted by Gasteiger charge is 2.25. The smallest absolute Gasteiger partial charge is 0.317 e. The molecule has 7 nitrogen and oxygen atoms in total. The summed E-state index contributed by atoms with van der Waals surface area (Å²) in [5, 5.41) is 4.10. The number of likely N-dealkylation sites (tertiary alicyclic amines) is 1. The molecular weight excluding hydrogens is 416 g/mol. The van der Waals surface area contributed by atoms with Crippen LogP contribution in [0.15, 0.2) is 54.7 Å². The van der Waals surface area contributed by atoms with Crippen LogP contribution >= 0.6 is 0 Å². The first-order valence-electron chi connectivity index (χ1n) is 11.5. The van der Waals surface area contributed by atoms with E-state index in [0.717, 1.165) is 29.7 Å². The zero-order chi connectivity index (χ0) is 23.2. The van der Waals surface area contributed by atoms with Gasteiger partial charge in [-0.15, -0.1) is 0 Å². The topological polar surface area (TPSA) is 77.7 Å². The van der Waals surface area contributed by atoms with E-state index in [4.69, 9.17) is 4.74 Å². The van der Waals surface area contributed by atoms with Gasteiger partial charge in [0.2, 0.25) is 5.91 Å². The quantitative estimate of drug-likeness (QED) is 0.571. The summed E-state index contributed by atoms with van der Waals surface area (Å²) in [4.78, 5) is 31.9. The lowest BCUT2D eigenvalue weighted by molar-refractivity contribution is -0.130. The first-order chi connectivity index (χ1) is 16.0. The van der Waals surface area contributed by atoms with Crippen LogP contribution in [0.25, 0.3) is 10.9 Å². The predicted molar refractivity (Wildman–Crippen MR) is 129 cm³/mol. The van der Waals surface area contributed by atoms with Crippen molar-refractivity contribution in [3.05, 3.63) is 65.9 Å². The fourth-order valence-electron chi connectivity index (χ4n) is 4.50. The van der Waals surface area contributed by atoms with E-state index in [9.17, 15) is 9.59 Å². The Morgan fingerprint density at radius 2 is 1.91 bits per heavy atom. The molecule has 0 aliphatic carbocycles. The lowest BCUT2D eigenvalue weighted by Gasteiger charge is -2.32. The Labute approximate surface area is 194 Å². The molecule has 0 unspecified atom stereocenters. The molecule has 1 saturated heterocycles. The van der Waals surface area contributed by atoms with Gasteiger partial charge in [-0.2, -0.15) is 0 Å². The van der Waals surface area contributed by atoms with Gasteiger partial charge < -0.3 is 24.8 Å². The SMILES string of the molecule is COc1ccc2[nH]cc(C3CCN(C(=O)NCCC(=O)N(C)Cc4ccccc4)CC3)c2c1. The molecule has 4 rings (SSSR count). The van der Waals surface area contributed by atoms with Gasteiger partial charge in [0.25, 0.3) is 0 Å². The summed E-state index contributed by atoms with van der Waals surface area (Å²) in [5.41, 5.74) is 3.48. The van der Waals surface area contributed by atoms with Crippen LogP contribution in [0.1, 0.15) is 36.3 Å². The van der Waals surface area contributed by atoms with Gasteiger partial charge in [-0.1, -0.05) is 30.3 Å². The molecule has 3 amide bonds. The molecule has 7 heteroatoms. The number of carbonyl (C=O) groups is 2. The molecule has 1 aromatic heterocycles. The van der Waals surface area contributed by atoms with Crippen LogP contribution in [0.2, 0.25) is 0 Å². The highest BCUT2D eigenvalue weighted by atomic mass is 16.5. The highest BCUT2D eigenvalue weighted by Crippen LogP contribution is 2.34. The number of nitrogens with zero attached hydrogens (tertiary/aromatic N) is 2. The molecule has 2 heterocycles. The predicted octanol–water partition coefficient (Wildman–Crippen LogP) is 4.11. The lowest BCUT2D eigenvalue weighted by Crippen LogP contribution is -2.45. The molecule has 0 saturated carbocycles. The third-order valence-electron chi connectivity index (χ3n) is 6.45. The van der Waals surface area contributed by atoms with Gasteiger partial charge in [0, 0.05) is 56.7 Å². The molecule has 1 aliphatic heterocycles. The number of aromatic amines is 1. The Bertz CT molecular complexity index is 1090. The summed E-state index contributed by atoms with van der Waals surface area (Å²) in [6.07, 6.45) is 4.21. The second-order valence-electron chi connectivity index (χ2n) is 8.63. The largest absolute Gasteiger partial charge is 0.497 e. The van der Waals surface area contributed by atoms with Crippen molar-refractivity contribution in [1.82, 2.24) is 20.1 Å². The molecule has 1 fully saturated rings. The first kappa shape index (κ1) is 22.7. The van der Waals surface area contributed by atoms with Gasteiger partial charge in [-0.05, 0) is 48.1 Å². The maximum atomic E-state index is 12.6. The van der Waals surface area contributed by atoms with E-state index in [2.05, 4.69) is 22.6 Å². The maximum Gasteiger partial charge on any atom is 0.317 e. The van der Waals surface area contributed by atoms with Crippen molar-refractivity contribution < 1.29 is 14.3 Å². The molecule has 0 spiro atoms. The van der Waals surface area contributed by atoms with Gasteiger partial charge >= 0.3 is 6.03 Å². The molecular formula is C26H32N4O3. The number of fused-ring (bicyclic) bond motifs is 1. The van der Waals surface area contributed by atoms with Crippen molar-refractivity contribution in [2.24, 2.45) is 0 Å². The maximum absolute atomic E-state index is 12.6. The second kappa shape index (κ2) is 10.4. The monoisotopic (exact) mass is 448 g/mol. The summed E-state index contributed by atoms with van der Waals surface area (Å²) in [6.45, 7) is 2.32. The molecule has 3 aromatic rings. The number of aromatic nitrogens is 1. The van der Waals surface area contributed by atoms with E-state index in [-0.39, 0.29) is 11.9 Å². The first-order valence-corrected chi connectivity index (χ1v) is 11.5. The number of rotatable bonds is 7. The van der Waals surface area contributed by atoms with E-state index in [1.54, 1.807) is 19.1 Å². The number of ether oxygens (including phenoxy) is 1. The van der Waals surface area contributed by atoms with E-state index in [0.29, 0.717) is 38.5 Å². The number of urea groups is 1. The number of piperidine rings is 1. The van der Waals surface area contributed by atoms with Crippen molar-refractivity contribution >= 4 is 22.8 Å². The molecule has 0 atom stereocenters. The standard InChI is InChI=1S/C26H32N4O3/c1-29(18-19-6-4-3-5-7-19)25(31)10-13-27-26(32)30-14-11-20(12-15-30)23-17-28-24-9-8-21(33-2)16-22(23)24/h3-9,16-17,20,28H,10-15,18H2,1-2H3,(H,27,32). The zero-order valence-electron chi connectivity index (χ0n) is 19.3. The Morgan fingerprint density at radius 3 is 2.64 bits per heavy atom. The average Bonchev–Trinajstić information content (AvgIpc) is 3.27. The normalized spacial score (nSPS) is 14.3. The van der Waals surface area contributed by atoms with Crippen LogP contribution in [0, 0.1) is 0 Å². The molecule has 1 aliphatic rings. The third kappa shape index (κ3) is 5.48. The summed E-state index contributed by atoms with van der Waals surface area (Å²) in [6, 6.07) is 15.9. The third-order valence-corrected chi connectivity index (χ3v) is 6.45. The van der Waals surface area contributed by atoms with Gasteiger partial charge in [-0.3, -0.25) is 4.79 Å². The van der Waals surface area contributed by atoms with Crippen molar-refractivity contribution in [3.63, 3.8) is 0 Å². The van der Waals surface area contributed by atoms with E-state index in [1.807, 2.05) is 47.4 Å². The molecule has 174 valence electrons. The fourth-order valence-corrected chi connectivity index (χ4v) is 4.50. The number of hydrogen-bond acceptors (Lipinski definition) is 3. The number of nitrogens with one attached hydrogen (secondary N) is 2. The summed E-state index contributed by atoms with van der Waals surface area (Å²) < 4.78 is 5.38. The number of methoxy groups -OCH3 is 1. The van der Waals surface area contributed by atoms with Crippen LogP contribution in [-0.2, 0) is 11.3 Å². The summed E-state index contributed by atoms with van der Waals surface area (Å²) in [7, 11) is 3.47. The van der Waals surface area contributed by atoms with E-state index in [1.165, 1.54) is 10.9 Å². The minimum absolute atomic E-state index is 0.0209. The molecule has 33 heavy (non-hydrogen) atoms.